The number of pyridine rings is 2. The lowest BCUT2D eigenvalue weighted by Gasteiger charge is -2.12. The SMILES string of the molecule is O=c1c2ccccc2n2cnc3ccc(NCCCNCCCNc4cccc5nc6ccccc6cc45)c1c32. The van der Waals surface area contributed by atoms with E-state index in [1.807, 2.05) is 46.9 Å². The Hall–Kier alpha value is -4.75. The van der Waals surface area contributed by atoms with Gasteiger partial charge in [0.1, 0.15) is 6.33 Å². The topological polar surface area (TPSA) is 83.4 Å². The molecule has 7 aromatic rings. The highest BCUT2D eigenvalue weighted by Gasteiger charge is 2.16. The average Bonchev–Trinajstić information content (AvgIpc) is 3.43. The molecule has 3 aromatic heterocycles. The van der Waals surface area contributed by atoms with Crippen LogP contribution in [0.25, 0.3) is 49.1 Å². The number of anilines is 2. The van der Waals surface area contributed by atoms with E-state index in [-0.39, 0.29) is 5.43 Å². The number of hydrogen-bond donors (Lipinski definition) is 3. The minimum atomic E-state index is 0.0532. The Morgan fingerprint density at radius 2 is 1.45 bits per heavy atom. The molecule has 198 valence electrons. The van der Waals surface area contributed by atoms with Gasteiger partial charge >= 0.3 is 0 Å². The van der Waals surface area contributed by atoms with E-state index >= 15 is 0 Å². The number of nitrogens with zero attached hydrogens (tertiary/aromatic N) is 3. The number of fused-ring (bicyclic) bond motifs is 4. The highest BCUT2D eigenvalue weighted by Crippen LogP contribution is 2.29. The average molecular weight is 527 g/mol. The van der Waals surface area contributed by atoms with E-state index in [4.69, 9.17) is 4.98 Å². The van der Waals surface area contributed by atoms with E-state index in [2.05, 4.69) is 63.4 Å². The Balaban J connectivity index is 0.919. The second kappa shape index (κ2) is 10.4. The van der Waals surface area contributed by atoms with Gasteiger partial charge in [0, 0.05) is 40.6 Å². The van der Waals surface area contributed by atoms with Crippen LogP contribution in [-0.4, -0.2) is 40.5 Å². The molecule has 0 saturated carbocycles. The first-order chi connectivity index (χ1) is 19.8. The fraction of sp³-hybridized carbons (Fsp3) is 0.182. The van der Waals surface area contributed by atoms with Gasteiger partial charge in [-0.15, -0.1) is 0 Å². The first kappa shape index (κ1) is 24.3. The molecule has 0 unspecified atom stereocenters. The fourth-order valence-corrected chi connectivity index (χ4v) is 5.63. The molecule has 0 saturated heterocycles. The molecule has 3 heterocycles. The van der Waals surface area contributed by atoms with E-state index in [0.717, 1.165) is 88.8 Å². The highest BCUT2D eigenvalue weighted by atomic mass is 16.1. The molecule has 0 aliphatic heterocycles. The van der Waals surface area contributed by atoms with Crippen molar-refractivity contribution in [2.45, 2.75) is 12.8 Å². The molecule has 0 aliphatic carbocycles. The molecule has 0 atom stereocenters. The molecule has 4 aromatic carbocycles. The summed E-state index contributed by atoms with van der Waals surface area (Å²) in [5.74, 6) is 0. The minimum absolute atomic E-state index is 0.0532. The summed E-state index contributed by atoms with van der Waals surface area (Å²) in [5.41, 5.74) is 6.70. The third-order valence-electron chi connectivity index (χ3n) is 7.60. The lowest BCUT2D eigenvalue weighted by molar-refractivity contribution is 0.643. The maximum atomic E-state index is 13.4. The van der Waals surface area contributed by atoms with Crippen LogP contribution in [0.1, 0.15) is 12.8 Å². The predicted molar refractivity (Wildman–Crippen MR) is 166 cm³/mol. The number of hydrogen-bond acceptors (Lipinski definition) is 6. The van der Waals surface area contributed by atoms with Crippen LogP contribution in [0.5, 0.6) is 0 Å². The van der Waals surface area contributed by atoms with Crippen molar-refractivity contribution in [1.29, 1.82) is 0 Å². The van der Waals surface area contributed by atoms with Gasteiger partial charge in [0.05, 0.1) is 33.0 Å². The van der Waals surface area contributed by atoms with Crippen LogP contribution in [-0.2, 0) is 0 Å². The first-order valence-electron chi connectivity index (χ1n) is 13.9. The number of nitrogens with one attached hydrogen (secondary N) is 3. The Bertz CT molecular complexity index is 2030. The fourth-order valence-electron chi connectivity index (χ4n) is 5.63. The smallest absolute Gasteiger partial charge is 0.199 e. The standard InChI is InChI=1S/C33H30N6O/c40-33-23-9-2-4-13-30(23)39-21-37-29-15-14-28(31(33)32(29)39)36-19-7-17-34-16-6-18-35-26-11-5-12-27-24(26)20-22-8-1-3-10-25(22)38-27/h1-5,8-15,20-21,34-36H,6-7,16-19H2. The van der Waals surface area contributed by atoms with Gasteiger partial charge in [0.25, 0.3) is 0 Å². The molecule has 3 N–H and O–H groups in total. The summed E-state index contributed by atoms with van der Waals surface area (Å²) in [7, 11) is 0. The number of imidazole rings is 1. The van der Waals surface area contributed by atoms with Crippen LogP contribution in [0.15, 0.2) is 96.1 Å². The molecule has 40 heavy (non-hydrogen) atoms. The van der Waals surface area contributed by atoms with E-state index in [1.54, 1.807) is 6.33 Å². The zero-order valence-electron chi connectivity index (χ0n) is 22.2. The Labute approximate surface area is 231 Å². The van der Waals surface area contributed by atoms with Crippen LogP contribution >= 0.6 is 0 Å². The summed E-state index contributed by atoms with van der Waals surface area (Å²) in [5, 5.41) is 14.4. The van der Waals surface area contributed by atoms with Crippen LogP contribution in [0.4, 0.5) is 11.4 Å². The van der Waals surface area contributed by atoms with E-state index in [9.17, 15) is 4.79 Å². The molecule has 7 rings (SSSR count). The summed E-state index contributed by atoms with van der Waals surface area (Å²) in [6.45, 7) is 3.51. The monoisotopic (exact) mass is 526 g/mol. The molecular formula is C33H30N6O. The van der Waals surface area contributed by atoms with E-state index in [0.29, 0.717) is 10.8 Å². The molecular weight excluding hydrogens is 496 g/mol. The zero-order chi connectivity index (χ0) is 26.9. The number of benzene rings is 4. The molecule has 7 heteroatoms. The third kappa shape index (κ3) is 4.34. The molecule has 0 radical (unpaired) electrons. The normalized spacial score (nSPS) is 11.8. The first-order valence-corrected chi connectivity index (χ1v) is 13.9. The van der Waals surface area contributed by atoms with Gasteiger partial charge < -0.3 is 16.0 Å². The Morgan fingerprint density at radius 1 is 0.675 bits per heavy atom. The van der Waals surface area contributed by atoms with Crippen LogP contribution in [0.2, 0.25) is 0 Å². The van der Waals surface area contributed by atoms with Crippen molar-refractivity contribution < 1.29 is 0 Å². The molecule has 0 fully saturated rings. The molecule has 0 aliphatic rings. The van der Waals surface area contributed by atoms with Crippen molar-refractivity contribution >= 4 is 60.5 Å². The largest absolute Gasteiger partial charge is 0.384 e. The summed E-state index contributed by atoms with van der Waals surface area (Å²) < 4.78 is 2.03. The molecule has 0 amide bonds. The second-order valence-corrected chi connectivity index (χ2v) is 10.2. The van der Waals surface area contributed by atoms with Crippen molar-refractivity contribution in [1.82, 2.24) is 19.7 Å². The maximum absolute atomic E-state index is 13.4. The van der Waals surface area contributed by atoms with Crippen molar-refractivity contribution in [2.24, 2.45) is 0 Å². The lowest BCUT2D eigenvalue weighted by atomic mass is 10.1. The second-order valence-electron chi connectivity index (χ2n) is 10.2. The van der Waals surface area contributed by atoms with Gasteiger partial charge in [0.15, 0.2) is 5.43 Å². The summed E-state index contributed by atoms with van der Waals surface area (Å²) in [6.07, 6.45) is 3.78. The minimum Gasteiger partial charge on any atom is -0.384 e. The van der Waals surface area contributed by atoms with Crippen LogP contribution in [0.3, 0.4) is 0 Å². The van der Waals surface area contributed by atoms with Crippen molar-refractivity contribution in [2.75, 3.05) is 36.8 Å². The predicted octanol–water partition coefficient (Wildman–Crippen LogP) is 6.03. The van der Waals surface area contributed by atoms with Gasteiger partial charge in [-0.25, -0.2) is 9.97 Å². The van der Waals surface area contributed by atoms with Gasteiger partial charge in [0.2, 0.25) is 0 Å². The van der Waals surface area contributed by atoms with Gasteiger partial charge in [-0.2, -0.15) is 0 Å². The molecule has 0 bridgehead atoms. The van der Waals surface area contributed by atoms with Crippen molar-refractivity contribution in [3.63, 3.8) is 0 Å². The Morgan fingerprint density at radius 3 is 2.35 bits per heavy atom. The quantitative estimate of drug-likeness (QED) is 0.149. The van der Waals surface area contributed by atoms with Gasteiger partial charge in [-0.1, -0.05) is 36.4 Å². The zero-order valence-corrected chi connectivity index (χ0v) is 22.2. The Kier molecular flexibility index (Phi) is 6.34. The molecule has 7 nitrogen and oxygen atoms in total. The summed E-state index contributed by atoms with van der Waals surface area (Å²) in [4.78, 5) is 22.7. The van der Waals surface area contributed by atoms with Crippen LogP contribution < -0.4 is 21.4 Å². The van der Waals surface area contributed by atoms with Gasteiger partial charge in [-0.05, 0) is 74.5 Å². The number of rotatable bonds is 10. The lowest BCUT2D eigenvalue weighted by Crippen LogP contribution is -2.21. The number of aromatic nitrogens is 3. The third-order valence-corrected chi connectivity index (χ3v) is 7.60. The molecule has 0 spiro atoms. The number of para-hydroxylation sites is 2. The van der Waals surface area contributed by atoms with Crippen molar-refractivity contribution in [3.8, 4) is 0 Å². The van der Waals surface area contributed by atoms with Gasteiger partial charge in [-0.3, -0.25) is 9.20 Å². The van der Waals surface area contributed by atoms with Crippen LogP contribution in [0, 0.1) is 0 Å². The van der Waals surface area contributed by atoms with E-state index < -0.39 is 0 Å². The van der Waals surface area contributed by atoms with Crippen molar-refractivity contribution in [3.05, 3.63) is 101 Å². The highest BCUT2D eigenvalue weighted by molar-refractivity contribution is 6.07. The maximum Gasteiger partial charge on any atom is 0.199 e. The summed E-state index contributed by atoms with van der Waals surface area (Å²) >= 11 is 0. The summed E-state index contributed by atoms with van der Waals surface area (Å²) in [6, 6.07) is 28.4. The van der Waals surface area contributed by atoms with E-state index in [1.165, 1.54) is 0 Å².